The molecule has 1 aromatic carbocycles. The molecular formula is C22H34N2O4. The highest BCUT2D eigenvalue weighted by molar-refractivity contribution is 5.89. The van der Waals surface area contributed by atoms with Crippen molar-refractivity contribution in [2.45, 2.75) is 38.9 Å². The zero-order valence-electron chi connectivity index (χ0n) is 17.4. The number of rotatable bonds is 7. The molecule has 2 atom stereocenters. The highest BCUT2D eigenvalue weighted by atomic mass is 16.5. The third kappa shape index (κ3) is 6.19. The first kappa shape index (κ1) is 21.1. The molecule has 1 aromatic rings. The number of methoxy groups -OCH3 is 1. The molecule has 6 nitrogen and oxygen atoms in total. The molecule has 0 aromatic heterocycles. The van der Waals surface area contributed by atoms with Crippen molar-refractivity contribution in [2.75, 3.05) is 53.0 Å². The van der Waals surface area contributed by atoms with Gasteiger partial charge in [0.1, 0.15) is 12.4 Å². The Hall–Kier alpha value is -1.63. The van der Waals surface area contributed by atoms with Crippen LogP contribution in [0.4, 0.5) is 0 Å². The number of esters is 1. The van der Waals surface area contributed by atoms with Crippen molar-refractivity contribution in [1.82, 2.24) is 9.80 Å². The van der Waals surface area contributed by atoms with Crippen LogP contribution in [-0.4, -0.2) is 81.0 Å². The predicted molar refractivity (Wildman–Crippen MR) is 109 cm³/mol. The molecule has 0 spiro atoms. The van der Waals surface area contributed by atoms with E-state index in [-0.39, 0.29) is 5.97 Å². The molecule has 2 aliphatic rings. The van der Waals surface area contributed by atoms with Crippen molar-refractivity contribution in [3.63, 3.8) is 0 Å². The molecule has 0 radical (unpaired) electrons. The zero-order chi connectivity index (χ0) is 19.9. The van der Waals surface area contributed by atoms with Crippen molar-refractivity contribution < 1.29 is 19.0 Å². The summed E-state index contributed by atoms with van der Waals surface area (Å²) in [5, 5.41) is 0. The van der Waals surface area contributed by atoms with Crippen LogP contribution in [0.25, 0.3) is 0 Å². The van der Waals surface area contributed by atoms with Gasteiger partial charge in [0.2, 0.25) is 0 Å². The first-order chi connectivity index (χ1) is 13.5. The molecule has 2 aliphatic heterocycles. The van der Waals surface area contributed by atoms with E-state index in [2.05, 4.69) is 23.6 Å². The van der Waals surface area contributed by atoms with Gasteiger partial charge in [-0.3, -0.25) is 9.80 Å². The zero-order valence-corrected chi connectivity index (χ0v) is 17.4. The normalized spacial score (nSPS) is 24.8. The molecule has 2 heterocycles. The Balaban J connectivity index is 1.33. The summed E-state index contributed by atoms with van der Waals surface area (Å²) in [7, 11) is 1.39. The summed E-state index contributed by atoms with van der Waals surface area (Å²) in [5.74, 6) is 1.26. The second kappa shape index (κ2) is 10.2. The van der Waals surface area contributed by atoms with Gasteiger partial charge in [0, 0.05) is 26.2 Å². The van der Waals surface area contributed by atoms with Gasteiger partial charge in [0.25, 0.3) is 0 Å². The number of hydrogen-bond donors (Lipinski definition) is 0. The molecule has 2 fully saturated rings. The third-order valence-corrected chi connectivity index (χ3v) is 5.67. The lowest BCUT2D eigenvalue weighted by Gasteiger charge is -2.39. The second-order valence-electron chi connectivity index (χ2n) is 8.13. The van der Waals surface area contributed by atoms with E-state index in [0.29, 0.717) is 24.4 Å². The van der Waals surface area contributed by atoms with Gasteiger partial charge in [-0.1, -0.05) is 0 Å². The van der Waals surface area contributed by atoms with Gasteiger partial charge in [-0.15, -0.1) is 0 Å². The summed E-state index contributed by atoms with van der Waals surface area (Å²) in [6.45, 7) is 11.6. The number of carbonyl (C=O) groups excluding carboxylic acids is 1. The fourth-order valence-corrected chi connectivity index (χ4v) is 4.29. The first-order valence-corrected chi connectivity index (χ1v) is 10.4. The molecule has 28 heavy (non-hydrogen) atoms. The van der Waals surface area contributed by atoms with Crippen molar-refractivity contribution in [2.24, 2.45) is 5.92 Å². The molecule has 156 valence electrons. The number of carbonyl (C=O) groups is 1. The molecule has 0 bridgehead atoms. The lowest BCUT2D eigenvalue weighted by molar-refractivity contribution is -0.0732. The number of hydrogen-bond acceptors (Lipinski definition) is 6. The third-order valence-electron chi connectivity index (χ3n) is 5.67. The summed E-state index contributed by atoms with van der Waals surface area (Å²) in [6.07, 6.45) is 3.22. The monoisotopic (exact) mass is 390 g/mol. The average molecular weight is 391 g/mol. The van der Waals surface area contributed by atoms with Crippen molar-refractivity contribution in [3.05, 3.63) is 29.8 Å². The number of likely N-dealkylation sites (tertiary alicyclic amines) is 1. The van der Waals surface area contributed by atoms with Gasteiger partial charge in [-0.25, -0.2) is 4.79 Å². The smallest absolute Gasteiger partial charge is 0.337 e. The van der Waals surface area contributed by atoms with Crippen LogP contribution in [0.5, 0.6) is 5.75 Å². The Morgan fingerprint density at radius 1 is 1.07 bits per heavy atom. The van der Waals surface area contributed by atoms with Gasteiger partial charge in [0.15, 0.2) is 0 Å². The molecule has 0 aliphatic carbocycles. The van der Waals surface area contributed by atoms with E-state index in [1.807, 2.05) is 12.1 Å². The second-order valence-corrected chi connectivity index (χ2v) is 8.13. The molecule has 2 saturated heterocycles. The van der Waals surface area contributed by atoms with Crippen LogP contribution in [0.15, 0.2) is 24.3 Å². The molecule has 2 unspecified atom stereocenters. The van der Waals surface area contributed by atoms with Gasteiger partial charge < -0.3 is 14.2 Å². The number of morpholine rings is 1. The number of nitrogens with zero attached hydrogens (tertiary/aromatic N) is 2. The van der Waals surface area contributed by atoms with Crippen LogP contribution in [0.2, 0.25) is 0 Å². The lowest BCUT2D eigenvalue weighted by Crippen LogP contribution is -2.48. The quantitative estimate of drug-likeness (QED) is 0.667. The largest absolute Gasteiger partial charge is 0.492 e. The molecule has 0 amide bonds. The fraction of sp³-hybridized carbons (Fsp3) is 0.682. The standard InChI is InChI=1S/C22H34N2O4/c1-17-14-24(15-18(2)28-17)16-19-8-10-23(11-9-19)12-13-27-21-6-4-20(5-7-21)22(25)26-3/h4-7,17-19H,8-16H2,1-3H3. The van der Waals surface area contributed by atoms with E-state index in [9.17, 15) is 4.79 Å². The van der Waals surface area contributed by atoms with Crippen molar-refractivity contribution in [1.29, 1.82) is 0 Å². The molecule has 6 heteroatoms. The van der Waals surface area contributed by atoms with Crippen molar-refractivity contribution >= 4 is 5.97 Å². The minimum Gasteiger partial charge on any atom is -0.492 e. The number of piperidine rings is 1. The lowest BCUT2D eigenvalue weighted by atomic mass is 9.95. The van der Waals surface area contributed by atoms with E-state index < -0.39 is 0 Å². The van der Waals surface area contributed by atoms with E-state index in [1.54, 1.807) is 12.1 Å². The summed E-state index contributed by atoms with van der Waals surface area (Å²) >= 11 is 0. The van der Waals surface area contributed by atoms with Crippen LogP contribution in [0.1, 0.15) is 37.0 Å². The van der Waals surface area contributed by atoms with Gasteiger partial charge in [-0.2, -0.15) is 0 Å². The Bertz CT molecular complexity index is 603. The van der Waals surface area contributed by atoms with E-state index in [1.165, 1.54) is 26.5 Å². The Morgan fingerprint density at radius 3 is 2.32 bits per heavy atom. The average Bonchev–Trinajstić information content (AvgIpc) is 2.68. The first-order valence-electron chi connectivity index (χ1n) is 10.4. The van der Waals surface area contributed by atoms with Crippen molar-refractivity contribution in [3.8, 4) is 5.75 Å². The van der Waals surface area contributed by atoms with Gasteiger partial charge >= 0.3 is 5.97 Å². The van der Waals surface area contributed by atoms with Crippen LogP contribution in [-0.2, 0) is 9.47 Å². The summed E-state index contributed by atoms with van der Waals surface area (Å²) in [4.78, 5) is 16.5. The summed E-state index contributed by atoms with van der Waals surface area (Å²) < 4.78 is 16.4. The molecular weight excluding hydrogens is 356 g/mol. The van der Waals surface area contributed by atoms with Gasteiger partial charge in [-0.05, 0) is 70.0 Å². The highest BCUT2D eigenvalue weighted by Gasteiger charge is 2.26. The van der Waals surface area contributed by atoms with Crippen LogP contribution in [0, 0.1) is 5.92 Å². The SMILES string of the molecule is COC(=O)c1ccc(OCCN2CCC(CN3CC(C)OC(C)C3)CC2)cc1. The fourth-order valence-electron chi connectivity index (χ4n) is 4.29. The maximum Gasteiger partial charge on any atom is 0.337 e. The maximum atomic E-state index is 11.5. The van der Waals surface area contributed by atoms with E-state index in [0.717, 1.165) is 44.4 Å². The summed E-state index contributed by atoms with van der Waals surface area (Å²) in [6, 6.07) is 7.12. The minimum atomic E-state index is -0.324. The minimum absolute atomic E-state index is 0.324. The predicted octanol–water partition coefficient (Wildman–Crippen LogP) is 2.67. The van der Waals surface area contributed by atoms with E-state index in [4.69, 9.17) is 14.2 Å². The van der Waals surface area contributed by atoms with E-state index >= 15 is 0 Å². The van der Waals surface area contributed by atoms with Crippen LogP contribution < -0.4 is 4.74 Å². The highest BCUT2D eigenvalue weighted by Crippen LogP contribution is 2.21. The topological polar surface area (TPSA) is 51.2 Å². The molecule has 0 N–H and O–H groups in total. The Morgan fingerprint density at radius 2 is 1.71 bits per heavy atom. The summed E-state index contributed by atoms with van der Waals surface area (Å²) in [5.41, 5.74) is 0.543. The molecule has 0 saturated carbocycles. The van der Waals surface area contributed by atoms with Gasteiger partial charge in [0.05, 0.1) is 24.9 Å². The maximum absolute atomic E-state index is 11.5. The van der Waals surface area contributed by atoms with Crippen LogP contribution >= 0.6 is 0 Å². The Kier molecular flexibility index (Phi) is 7.71. The molecule has 3 rings (SSSR count). The number of ether oxygens (including phenoxy) is 3. The Labute approximate surface area is 168 Å². The number of benzene rings is 1. The van der Waals surface area contributed by atoms with Crippen LogP contribution in [0.3, 0.4) is 0 Å².